The molecule has 0 spiro atoms. The topological polar surface area (TPSA) is 42.4 Å². The van der Waals surface area contributed by atoms with Gasteiger partial charge in [-0.2, -0.15) is 0 Å². The monoisotopic (exact) mass is 321 g/mol. The third-order valence-corrected chi connectivity index (χ3v) is 3.24. The van der Waals surface area contributed by atoms with E-state index in [0.717, 1.165) is 21.2 Å². The summed E-state index contributed by atoms with van der Waals surface area (Å²) in [4.78, 5) is 4.13. The highest BCUT2D eigenvalue weighted by atomic mass is 79.9. The van der Waals surface area contributed by atoms with Gasteiger partial charge in [0, 0.05) is 28.0 Å². The van der Waals surface area contributed by atoms with Gasteiger partial charge in [-0.25, -0.2) is 0 Å². The van der Waals surface area contributed by atoms with Gasteiger partial charge in [0.25, 0.3) is 0 Å². The summed E-state index contributed by atoms with van der Waals surface area (Å²) in [6.07, 6.45) is 3.04. The fraction of sp³-hybridized carbons (Fsp3) is 0.267. The number of pyridine rings is 1. The van der Waals surface area contributed by atoms with Crippen LogP contribution in [0.15, 0.2) is 41.1 Å². The number of aryl methyl sites for hydroxylation is 1. The van der Waals surface area contributed by atoms with E-state index in [0.29, 0.717) is 12.4 Å². The van der Waals surface area contributed by atoms with Gasteiger partial charge in [-0.05, 0) is 37.6 Å². The Morgan fingerprint density at radius 2 is 2.11 bits per heavy atom. The van der Waals surface area contributed by atoms with Crippen molar-refractivity contribution in [2.45, 2.75) is 26.6 Å². The van der Waals surface area contributed by atoms with Gasteiger partial charge >= 0.3 is 0 Å². The average molecular weight is 322 g/mol. The van der Waals surface area contributed by atoms with Crippen LogP contribution in [0.2, 0.25) is 0 Å². The number of hydrogen-bond acceptors (Lipinski definition) is 3. The Morgan fingerprint density at radius 1 is 1.32 bits per heavy atom. The molecule has 3 nitrogen and oxygen atoms in total. The Kier molecular flexibility index (Phi) is 4.56. The van der Waals surface area contributed by atoms with Crippen molar-refractivity contribution in [3.63, 3.8) is 0 Å². The molecular formula is C15H16BrNO2. The van der Waals surface area contributed by atoms with Gasteiger partial charge in [-0.1, -0.05) is 22.0 Å². The minimum Gasteiger partial charge on any atom is -0.488 e. The van der Waals surface area contributed by atoms with Crippen molar-refractivity contribution >= 4 is 15.9 Å². The normalized spacial score (nSPS) is 12.2. The van der Waals surface area contributed by atoms with Gasteiger partial charge in [-0.3, -0.25) is 4.98 Å². The van der Waals surface area contributed by atoms with Gasteiger partial charge in [0.2, 0.25) is 0 Å². The van der Waals surface area contributed by atoms with Gasteiger partial charge in [0.1, 0.15) is 12.4 Å². The van der Waals surface area contributed by atoms with Crippen molar-refractivity contribution in [1.29, 1.82) is 0 Å². The molecular weight excluding hydrogens is 306 g/mol. The number of halogens is 1. The van der Waals surface area contributed by atoms with Gasteiger partial charge in [0.15, 0.2) is 0 Å². The van der Waals surface area contributed by atoms with E-state index in [1.165, 1.54) is 0 Å². The average Bonchev–Trinajstić information content (AvgIpc) is 2.36. The molecule has 0 saturated carbocycles. The fourth-order valence-corrected chi connectivity index (χ4v) is 2.18. The number of hydrogen-bond donors (Lipinski definition) is 1. The minimum absolute atomic E-state index is 0.435. The first-order valence-corrected chi connectivity index (χ1v) is 6.86. The lowest BCUT2D eigenvalue weighted by Crippen LogP contribution is -2.01. The zero-order valence-corrected chi connectivity index (χ0v) is 12.5. The van der Waals surface area contributed by atoms with Crippen LogP contribution >= 0.6 is 15.9 Å². The summed E-state index contributed by atoms with van der Waals surface area (Å²) < 4.78 is 6.72. The van der Waals surface area contributed by atoms with Crippen LogP contribution in [0.25, 0.3) is 0 Å². The summed E-state index contributed by atoms with van der Waals surface area (Å²) in [6.45, 7) is 4.16. The lowest BCUT2D eigenvalue weighted by atomic mass is 10.1. The number of rotatable bonds is 4. The van der Waals surface area contributed by atoms with Crippen LogP contribution in [0.5, 0.6) is 5.75 Å². The zero-order valence-electron chi connectivity index (χ0n) is 10.9. The molecule has 1 atom stereocenters. The maximum atomic E-state index is 9.73. The molecule has 0 aliphatic rings. The van der Waals surface area contributed by atoms with E-state index < -0.39 is 6.10 Å². The Bertz CT molecular complexity index is 570. The first kappa shape index (κ1) is 14.0. The van der Waals surface area contributed by atoms with Crippen LogP contribution in [0.3, 0.4) is 0 Å². The summed E-state index contributed by atoms with van der Waals surface area (Å²) in [6, 6.07) is 7.65. The molecule has 1 aromatic heterocycles. The number of aliphatic hydroxyl groups excluding tert-OH is 1. The second-order valence-electron chi connectivity index (χ2n) is 4.52. The largest absolute Gasteiger partial charge is 0.488 e. The van der Waals surface area contributed by atoms with E-state index >= 15 is 0 Å². The van der Waals surface area contributed by atoms with Crippen LogP contribution in [-0.2, 0) is 6.61 Å². The zero-order chi connectivity index (χ0) is 13.8. The second-order valence-corrected chi connectivity index (χ2v) is 5.43. The van der Waals surface area contributed by atoms with Crippen molar-refractivity contribution in [2.75, 3.05) is 0 Å². The van der Waals surface area contributed by atoms with Crippen LogP contribution in [0, 0.1) is 6.92 Å². The summed E-state index contributed by atoms with van der Waals surface area (Å²) in [5.41, 5.74) is 2.89. The van der Waals surface area contributed by atoms with Crippen molar-refractivity contribution in [1.82, 2.24) is 4.98 Å². The number of nitrogens with zero attached hydrogens (tertiary/aromatic N) is 1. The summed E-state index contributed by atoms with van der Waals surface area (Å²) in [5.74, 6) is 0.686. The Hall–Kier alpha value is -1.39. The number of aromatic nitrogens is 1. The SMILES string of the molecule is Cc1cncc(COc2cc(Br)ccc2[C@H](C)O)c1. The van der Waals surface area contributed by atoms with Crippen molar-refractivity contribution in [3.8, 4) is 5.75 Å². The summed E-state index contributed by atoms with van der Waals surface area (Å²) >= 11 is 3.41. The highest BCUT2D eigenvalue weighted by Gasteiger charge is 2.10. The van der Waals surface area contributed by atoms with Crippen molar-refractivity contribution in [2.24, 2.45) is 0 Å². The van der Waals surface area contributed by atoms with E-state index in [1.54, 1.807) is 13.1 Å². The Morgan fingerprint density at radius 3 is 2.79 bits per heavy atom. The molecule has 0 amide bonds. The molecule has 0 saturated heterocycles. The quantitative estimate of drug-likeness (QED) is 0.931. The number of aliphatic hydroxyl groups is 1. The molecule has 2 aromatic rings. The molecule has 0 fully saturated rings. The first-order chi connectivity index (χ1) is 9.06. The Labute approximate surface area is 121 Å². The Balaban J connectivity index is 2.17. The van der Waals surface area contributed by atoms with Gasteiger partial charge in [-0.15, -0.1) is 0 Å². The molecule has 0 aliphatic heterocycles. The third kappa shape index (κ3) is 3.78. The highest BCUT2D eigenvalue weighted by molar-refractivity contribution is 9.10. The molecule has 4 heteroatoms. The van der Waals surface area contributed by atoms with Crippen LogP contribution < -0.4 is 4.74 Å². The molecule has 2 rings (SSSR count). The van der Waals surface area contributed by atoms with E-state index in [9.17, 15) is 5.11 Å². The number of benzene rings is 1. The maximum absolute atomic E-state index is 9.73. The van der Waals surface area contributed by atoms with Gasteiger partial charge < -0.3 is 9.84 Å². The lowest BCUT2D eigenvalue weighted by molar-refractivity contribution is 0.190. The van der Waals surface area contributed by atoms with Crippen LogP contribution in [0.4, 0.5) is 0 Å². The van der Waals surface area contributed by atoms with E-state index in [2.05, 4.69) is 20.9 Å². The van der Waals surface area contributed by atoms with E-state index in [1.807, 2.05) is 37.4 Å². The maximum Gasteiger partial charge on any atom is 0.126 e. The molecule has 0 unspecified atom stereocenters. The van der Waals surface area contributed by atoms with Crippen molar-refractivity contribution in [3.05, 3.63) is 57.8 Å². The fourth-order valence-electron chi connectivity index (χ4n) is 1.84. The summed E-state index contributed by atoms with van der Waals surface area (Å²) in [7, 11) is 0. The molecule has 1 heterocycles. The van der Waals surface area contributed by atoms with E-state index in [4.69, 9.17) is 4.74 Å². The minimum atomic E-state index is -0.557. The van der Waals surface area contributed by atoms with Crippen LogP contribution in [0.1, 0.15) is 29.7 Å². The molecule has 0 aliphatic carbocycles. The highest BCUT2D eigenvalue weighted by Crippen LogP contribution is 2.29. The van der Waals surface area contributed by atoms with Crippen LogP contribution in [-0.4, -0.2) is 10.1 Å². The first-order valence-electron chi connectivity index (χ1n) is 6.07. The smallest absolute Gasteiger partial charge is 0.126 e. The van der Waals surface area contributed by atoms with Crippen molar-refractivity contribution < 1.29 is 9.84 Å². The lowest BCUT2D eigenvalue weighted by Gasteiger charge is -2.14. The predicted molar refractivity (Wildman–Crippen MR) is 78.1 cm³/mol. The molecule has 0 radical (unpaired) electrons. The molecule has 100 valence electrons. The molecule has 0 bridgehead atoms. The second kappa shape index (κ2) is 6.17. The standard InChI is InChI=1S/C15H16BrNO2/c1-10-5-12(8-17-7-10)9-19-15-6-13(16)3-4-14(15)11(2)18/h3-8,11,18H,9H2,1-2H3/t11-/m0/s1. The molecule has 1 N–H and O–H groups in total. The predicted octanol–water partition coefficient (Wildman–Crippen LogP) is 3.78. The summed E-state index contributed by atoms with van der Waals surface area (Å²) in [5, 5.41) is 9.73. The number of ether oxygens (including phenoxy) is 1. The third-order valence-electron chi connectivity index (χ3n) is 2.75. The molecule has 19 heavy (non-hydrogen) atoms. The van der Waals surface area contributed by atoms with Gasteiger partial charge in [0.05, 0.1) is 6.10 Å². The van der Waals surface area contributed by atoms with E-state index in [-0.39, 0.29) is 0 Å². The molecule has 1 aromatic carbocycles.